The van der Waals surface area contributed by atoms with Crippen LogP contribution in [0.25, 0.3) is 0 Å². The van der Waals surface area contributed by atoms with Crippen LogP contribution < -0.4 is 5.32 Å². The number of hydrogen-bond donors (Lipinski definition) is 1. The van der Waals surface area contributed by atoms with Gasteiger partial charge in [-0.2, -0.15) is 0 Å². The Morgan fingerprint density at radius 1 is 1.22 bits per heavy atom. The predicted octanol–water partition coefficient (Wildman–Crippen LogP) is 2.26. The highest BCUT2D eigenvalue weighted by atomic mass is 32.2. The highest BCUT2D eigenvalue weighted by molar-refractivity contribution is 8.00. The van der Waals surface area contributed by atoms with E-state index >= 15 is 0 Å². The highest BCUT2D eigenvalue weighted by Gasteiger charge is 2.25. The van der Waals surface area contributed by atoms with Gasteiger partial charge in [0.2, 0.25) is 5.91 Å². The normalized spacial score (nSPS) is 22.3. The van der Waals surface area contributed by atoms with E-state index in [-0.39, 0.29) is 0 Å². The topological polar surface area (TPSA) is 32.3 Å². The summed E-state index contributed by atoms with van der Waals surface area (Å²) in [4.78, 5) is 14.4. The molecule has 2 rings (SSSR count). The lowest BCUT2D eigenvalue weighted by Gasteiger charge is -2.29. The monoisotopic (exact) mass is 270 g/mol. The second-order valence-corrected chi connectivity index (χ2v) is 6.67. The largest absolute Gasteiger partial charge is 0.339 e. The quantitative estimate of drug-likeness (QED) is 0.832. The molecule has 0 aromatic heterocycles. The number of nitrogens with zero attached hydrogens (tertiary/aromatic N) is 1. The van der Waals surface area contributed by atoms with Gasteiger partial charge in [0, 0.05) is 17.8 Å². The van der Waals surface area contributed by atoms with Gasteiger partial charge in [-0.1, -0.05) is 12.8 Å². The van der Waals surface area contributed by atoms with Gasteiger partial charge in [0.1, 0.15) is 0 Å². The zero-order chi connectivity index (χ0) is 12.8. The Labute approximate surface area is 115 Å². The van der Waals surface area contributed by atoms with Crippen molar-refractivity contribution in [1.82, 2.24) is 10.2 Å². The third-order valence-electron chi connectivity index (χ3n) is 4.16. The van der Waals surface area contributed by atoms with Gasteiger partial charge in [0.05, 0.1) is 5.75 Å². The maximum atomic E-state index is 12.3. The lowest BCUT2D eigenvalue weighted by Crippen LogP contribution is -2.40. The Bertz CT molecular complexity index is 261. The van der Waals surface area contributed by atoms with Gasteiger partial charge < -0.3 is 10.2 Å². The minimum atomic E-state index is 0.368. The number of nitrogens with one attached hydrogen (secondary N) is 1. The van der Waals surface area contributed by atoms with E-state index in [9.17, 15) is 4.79 Å². The van der Waals surface area contributed by atoms with Gasteiger partial charge in [0.15, 0.2) is 0 Å². The van der Waals surface area contributed by atoms with E-state index in [1.54, 1.807) is 0 Å². The fourth-order valence-electron chi connectivity index (χ4n) is 3.09. The average molecular weight is 270 g/mol. The van der Waals surface area contributed by atoms with Crippen LogP contribution in [-0.2, 0) is 4.79 Å². The van der Waals surface area contributed by atoms with Crippen LogP contribution in [0, 0.1) is 0 Å². The minimum absolute atomic E-state index is 0.368. The molecule has 1 heterocycles. The number of piperidine rings is 1. The van der Waals surface area contributed by atoms with Crippen molar-refractivity contribution >= 4 is 17.7 Å². The fraction of sp³-hybridized carbons (Fsp3) is 0.929. The summed E-state index contributed by atoms with van der Waals surface area (Å²) in [5.41, 5.74) is 0. The molecule has 0 bridgehead atoms. The number of amides is 1. The van der Waals surface area contributed by atoms with E-state index in [2.05, 4.69) is 17.1 Å². The first-order chi connectivity index (χ1) is 8.81. The molecule has 1 aliphatic heterocycles. The Morgan fingerprint density at radius 3 is 2.50 bits per heavy atom. The van der Waals surface area contributed by atoms with Crippen LogP contribution >= 0.6 is 11.8 Å². The molecule has 0 aromatic rings. The first-order valence-corrected chi connectivity index (χ1v) is 8.48. The molecule has 2 fully saturated rings. The van der Waals surface area contributed by atoms with Crippen molar-refractivity contribution in [3.8, 4) is 0 Å². The van der Waals surface area contributed by atoms with Crippen LogP contribution in [0.5, 0.6) is 0 Å². The van der Waals surface area contributed by atoms with Crippen molar-refractivity contribution in [2.24, 2.45) is 0 Å². The van der Waals surface area contributed by atoms with Crippen LogP contribution in [0.1, 0.15) is 45.4 Å². The molecule has 104 valence electrons. The number of hydrogen-bond acceptors (Lipinski definition) is 3. The van der Waals surface area contributed by atoms with Crippen molar-refractivity contribution in [2.45, 2.75) is 56.7 Å². The molecule has 1 saturated heterocycles. The summed E-state index contributed by atoms with van der Waals surface area (Å²) in [5.74, 6) is 1.06. The third kappa shape index (κ3) is 3.89. The van der Waals surface area contributed by atoms with Crippen molar-refractivity contribution in [3.05, 3.63) is 0 Å². The molecule has 3 nitrogen and oxygen atoms in total. The second kappa shape index (κ2) is 7.39. The molecule has 0 unspecified atom stereocenters. The zero-order valence-corrected chi connectivity index (χ0v) is 12.3. The molecule has 1 amide bonds. The molecule has 18 heavy (non-hydrogen) atoms. The van der Waals surface area contributed by atoms with E-state index in [0.717, 1.165) is 19.6 Å². The van der Waals surface area contributed by atoms with Crippen LogP contribution in [0.15, 0.2) is 0 Å². The van der Waals surface area contributed by atoms with Crippen LogP contribution in [0.4, 0.5) is 0 Å². The predicted molar refractivity (Wildman–Crippen MR) is 78.0 cm³/mol. The maximum absolute atomic E-state index is 12.3. The summed E-state index contributed by atoms with van der Waals surface area (Å²) in [6.45, 7) is 5.24. The van der Waals surface area contributed by atoms with Crippen molar-refractivity contribution in [1.29, 1.82) is 0 Å². The molecule has 1 saturated carbocycles. The van der Waals surface area contributed by atoms with Crippen molar-refractivity contribution < 1.29 is 4.79 Å². The molecule has 0 spiro atoms. The molecule has 1 N–H and O–H groups in total. The third-order valence-corrected chi connectivity index (χ3v) is 5.51. The molecule has 0 aromatic carbocycles. The van der Waals surface area contributed by atoms with E-state index in [1.165, 1.54) is 38.5 Å². The van der Waals surface area contributed by atoms with Crippen molar-refractivity contribution in [3.63, 3.8) is 0 Å². The van der Waals surface area contributed by atoms with Gasteiger partial charge in [-0.3, -0.25) is 4.79 Å². The number of carbonyl (C=O) groups excluding carboxylic acids is 1. The number of thioether (sulfide) groups is 1. The lowest BCUT2D eigenvalue weighted by molar-refractivity contribution is -0.130. The maximum Gasteiger partial charge on any atom is 0.232 e. The van der Waals surface area contributed by atoms with E-state index < -0.39 is 0 Å². The minimum Gasteiger partial charge on any atom is -0.339 e. The zero-order valence-electron chi connectivity index (χ0n) is 11.5. The summed E-state index contributed by atoms with van der Waals surface area (Å²) in [6.07, 6.45) is 7.47. The Hall–Kier alpha value is -0.220. The number of rotatable bonds is 5. The standard InChI is InChI=1S/C14H26N2OS/c1-2-16(12-5-3-4-6-12)14(17)11-18-13-7-9-15-10-8-13/h12-13,15H,2-11H2,1H3. The molecular formula is C14H26N2OS. The molecular weight excluding hydrogens is 244 g/mol. The molecule has 4 heteroatoms. The first kappa shape index (κ1) is 14.2. The first-order valence-electron chi connectivity index (χ1n) is 7.43. The molecule has 2 aliphatic rings. The lowest BCUT2D eigenvalue weighted by atomic mass is 10.2. The second-order valence-electron chi connectivity index (χ2n) is 5.38. The van der Waals surface area contributed by atoms with Crippen LogP contribution in [-0.4, -0.2) is 47.5 Å². The smallest absolute Gasteiger partial charge is 0.232 e. The Kier molecular flexibility index (Phi) is 5.83. The Balaban J connectivity index is 1.74. The molecule has 0 radical (unpaired) electrons. The summed E-state index contributed by atoms with van der Waals surface area (Å²) in [7, 11) is 0. The van der Waals surface area contributed by atoms with Gasteiger partial charge >= 0.3 is 0 Å². The van der Waals surface area contributed by atoms with E-state index in [0.29, 0.717) is 23.0 Å². The van der Waals surface area contributed by atoms with Crippen LogP contribution in [0.2, 0.25) is 0 Å². The number of carbonyl (C=O) groups is 1. The summed E-state index contributed by atoms with van der Waals surface area (Å²) in [6, 6.07) is 0.538. The fourth-order valence-corrected chi connectivity index (χ4v) is 4.20. The van der Waals surface area contributed by atoms with Gasteiger partial charge in [-0.25, -0.2) is 0 Å². The van der Waals surface area contributed by atoms with Gasteiger partial charge in [-0.15, -0.1) is 11.8 Å². The van der Waals surface area contributed by atoms with E-state index in [4.69, 9.17) is 0 Å². The summed E-state index contributed by atoms with van der Waals surface area (Å²) in [5, 5.41) is 4.06. The van der Waals surface area contributed by atoms with Crippen molar-refractivity contribution in [2.75, 3.05) is 25.4 Å². The van der Waals surface area contributed by atoms with E-state index in [1.807, 2.05) is 11.8 Å². The SMILES string of the molecule is CCN(C(=O)CSC1CCNCC1)C1CCCC1. The van der Waals surface area contributed by atoms with Gasteiger partial charge in [-0.05, 0) is 45.7 Å². The van der Waals surface area contributed by atoms with Gasteiger partial charge in [0.25, 0.3) is 0 Å². The molecule has 1 aliphatic carbocycles. The summed E-state index contributed by atoms with van der Waals surface area (Å²) < 4.78 is 0. The average Bonchev–Trinajstić information content (AvgIpc) is 2.92. The Morgan fingerprint density at radius 2 is 1.89 bits per heavy atom. The highest BCUT2D eigenvalue weighted by Crippen LogP contribution is 2.25. The molecule has 0 atom stereocenters. The summed E-state index contributed by atoms with van der Waals surface area (Å²) >= 11 is 1.88. The van der Waals surface area contributed by atoms with Crippen LogP contribution in [0.3, 0.4) is 0 Å².